The molecule has 0 amide bonds. The van der Waals surface area contributed by atoms with E-state index in [2.05, 4.69) is 5.32 Å². The molecule has 2 rings (SSSR count). The first-order chi connectivity index (χ1) is 10.2. The summed E-state index contributed by atoms with van der Waals surface area (Å²) >= 11 is 0. The molecule has 0 aliphatic carbocycles. The van der Waals surface area contributed by atoms with Crippen LogP contribution in [0.15, 0.2) is 29.2 Å². The Kier molecular flexibility index (Phi) is 5.01. The Balaban J connectivity index is 1.93. The quantitative estimate of drug-likeness (QED) is 0.898. The van der Waals surface area contributed by atoms with Crippen LogP contribution in [-0.2, 0) is 9.84 Å². The third kappa shape index (κ3) is 4.61. The van der Waals surface area contributed by atoms with Gasteiger partial charge in [0.2, 0.25) is 0 Å². The molecule has 1 N–H and O–H groups in total. The summed E-state index contributed by atoms with van der Waals surface area (Å²) in [6.45, 7) is 1.42. The summed E-state index contributed by atoms with van der Waals surface area (Å²) in [5.74, 6) is 0.0365. The molecule has 124 valence electrons. The Morgan fingerprint density at radius 2 is 1.91 bits per heavy atom. The highest BCUT2D eigenvalue weighted by atomic mass is 32.2. The smallest absolute Gasteiger partial charge is 0.381 e. The van der Waals surface area contributed by atoms with Crippen molar-refractivity contribution in [3.8, 4) is 0 Å². The molecule has 0 radical (unpaired) electrons. The Bertz CT molecular complexity index is 600. The van der Waals surface area contributed by atoms with Crippen molar-refractivity contribution in [2.24, 2.45) is 0 Å². The molecule has 1 fully saturated rings. The van der Waals surface area contributed by atoms with E-state index in [0.29, 0.717) is 25.2 Å². The number of alkyl halides is 3. The van der Waals surface area contributed by atoms with Crippen LogP contribution < -0.4 is 5.32 Å². The molecule has 1 saturated heterocycles. The van der Waals surface area contributed by atoms with Crippen molar-refractivity contribution in [3.63, 3.8) is 0 Å². The van der Waals surface area contributed by atoms with Crippen LogP contribution in [0.1, 0.15) is 13.3 Å². The lowest BCUT2D eigenvalue weighted by molar-refractivity contribution is -0.143. The normalized spacial score (nSPS) is 20.3. The van der Waals surface area contributed by atoms with Gasteiger partial charge in [-0.05, 0) is 30.7 Å². The Hall–Kier alpha value is -1.28. The minimum Gasteiger partial charge on any atom is -0.381 e. The number of hydrogen-bond acceptors (Lipinski definition) is 4. The van der Waals surface area contributed by atoms with Gasteiger partial charge in [0, 0.05) is 24.8 Å². The second-order valence-electron chi connectivity index (χ2n) is 5.41. The van der Waals surface area contributed by atoms with Crippen LogP contribution in [0.3, 0.4) is 0 Å². The largest absolute Gasteiger partial charge is 0.401 e. The molecule has 0 spiro atoms. The highest BCUT2D eigenvalue weighted by Gasteiger charge is 2.34. The first-order valence-electron chi connectivity index (χ1n) is 7.08. The first kappa shape index (κ1) is 17.1. The minimum absolute atomic E-state index is 0.0365. The first-order valence-corrected chi connectivity index (χ1v) is 8.73. The topological polar surface area (TPSA) is 49.4 Å². The van der Waals surface area contributed by atoms with E-state index in [4.69, 9.17) is 0 Å². The molecular formula is C14H19F3N2O2S. The lowest BCUT2D eigenvalue weighted by Crippen LogP contribution is -2.34. The number of nitrogens with zero attached hydrogens (tertiary/aromatic N) is 1. The van der Waals surface area contributed by atoms with Crippen LogP contribution in [-0.4, -0.2) is 50.9 Å². The summed E-state index contributed by atoms with van der Waals surface area (Å²) in [6.07, 6.45) is -3.55. The van der Waals surface area contributed by atoms with E-state index in [9.17, 15) is 21.6 Å². The van der Waals surface area contributed by atoms with Gasteiger partial charge >= 0.3 is 6.18 Å². The molecule has 1 aromatic rings. The maximum atomic E-state index is 12.3. The summed E-state index contributed by atoms with van der Waals surface area (Å²) in [5, 5.41) is 3.15. The van der Waals surface area contributed by atoms with E-state index < -0.39 is 22.6 Å². The molecule has 8 heteroatoms. The fourth-order valence-electron chi connectivity index (χ4n) is 2.51. The van der Waals surface area contributed by atoms with E-state index in [0.717, 1.165) is 0 Å². The van der Waals surface area contributed by atoms with Crippen molar-refractivity contribution < 1.29 is 21.6 Å². The van der Waals surface area contributed by atoms with Gasteiger partial charge < -0.3 is 5.32 Å². The summed E-state index contributed by atoms with van der Waals surface area (Å²) in [7, 11) is -3.23. The second kappa shape index (κ2) is 6.45. The fourth-order valence-corrected chi connectivity index (χ4v) is 3.39. The van der Waals surface area contributed by atoms with Crippen molar-refractivity contribution in [2.75, 3.05) is 30.7 Å². The molecule has 1 aromatic carbocycles. The Morgan fingerprint density at radius 3 is 2.45 bits per heavy atom. The fraction of sp³-hybridized carbons (Fsp3) is 0.571. The van der Waals surface area contributed by atoms with Gasteiger partial charge in [-0.15, -0.1) is 0 Å². The van der Waals surface area contributed by atoms with Crippen LogP contribution in [0.5, 0.6) is 0 Å². The zero-order chi connectivity index (χ0) is 16.4. The van der Waals surface area contributed by atoms with Crippen LogP contribution in [0.25, 0.3) is 0 Å². The van der Waals surface area contributed by atoms with Gasteiger partial charge in [-0.1, -0.05) is 6.92 Å². The number of sulfone groups is 1. The van der Waals surface area contributed by atoms with Gasteiger partial charge in [-0.25, -0.2) is 8.42 Å². The third-order valence-electron chi connectivity index (χ3n) is 3.64. The molecule has 4 nitrogen and oxygen atoms in total. The van der Waals surface area contributed by atoms with E-state index in [1.165, 1.54) is 17.0 Å². The number of benzene rings is 1. The molecule has 0 unspecified atom stereocenters. The highest BCUT2D eigenvalue weighted by molar-refractivity contribution is 7.91. The standard InChI is InChI=1S/C14H19F3N2O2S/c1-2-22(20,21)13-5-3-11(4-6-13)18-12-7-8-19(9-12)10-14(15,16)17/h3-6,12,18H,2,7-10H2,1H3/t12-/m0/s1. The highest BCUT2D eigenvalue weighted by Crippen LogP contribution is 2.22. The number of halogens is 3. The molecule has 0 aromatic heterocycles. The molecule has 1 atom stereocenters. The van der Waals surface area contributed by atoms with Crippen molar-refractivity contribution in [2.45, 2.75) is 30.5 Å². The van der Waals surface area contributed by atoms with Crippen molar-refractivity contribution >= 4 is 15.5 Å². The SMILES string of the molecule is CCS(=O)(=O)c1ccc(N[C@H]2CCN(CC(F)(F)F)C2)cc1. The number of hydrogen-bond donors (Lipinski definition) is 1. The van der Waals surface area contributed by atoms with Gasteiger partial charge in [0.15, 0.2) is 9.84 Å². The maximum Gasteiger partial charge on any atom is 0.401 e. The van der Waals surface area contributed by atoms with E-state index in [-0.39, 0.29) is 16.7 Å². The van der Waals surface area contributed by atoms with Gasteiger partial charge in [-0.3, -0.25) is 4.90 Å². The van der Waals surface area contributed by atoms with Crippen LogP contribution in [0.4, 0.5) is 18.9 Å². The average molecular weight is 336 g/mol. The maximum absolute atomic E-state index is 12.3. The monoisotopic (exact) mass is 336 g/mol. The van der Waals surface area contributed by atoms with Gasteiger partial charge in [0.05, 0.1) is 17.2 Å². The molecule has 22 heavy (non-hydrogen) atoms. The molecule has 1 heterocycles. The molecular weight excluding hydrogens is 317 g/mol. The number of nitrogens with one attached hydrogen (secondary N) is 1. The second-order valence-corrected chi connectivity index (χ2v) is 7.69. The lowest BCUT2D eigenvalue weighted by Gasteiger charge is -2.18. The molecule has 0 bridgehead atoms. The number of anilines is 1. The van der Waals surface area contributed by atoms with Crippen LogP contribution >= 0.6 is 0 Å². The Labute approximate surface area is 128 Å². The summed E-state index contributed by atoms with van der Waals surface area (Å²) in [5.41, 5.74) is 0.717. The van der Waals surface area contributed by atoms with E-state index >= 15 is 0 Å². The third-order valence-corrected chi connectivity index (χ3v) is 5.39. The van der Waals surface area contributed by atoms with Gasteiger partial charge in [0.25, 0.3) is 0 Å². The average Bonchev–Trinajstić information content (AvgIpc) is 2.84. The van der Waals surface area contributed by atoms with Crippen molar-refractivity contribution in [1.29, 1.82) is 0 Å². The van der Waals surface area contributed by atoms with E-state index in [1.807, 2.05) is 0 Å². The zero-order valence-corrected chi connectivity index (χ0v) is 13.0. The molecule has 1 aliphatic heterocycles. The Morgan fingerprint density at radius 1 is 1.27 bits per heavy atom. The predicted molar refractivity (Wildman–Crippen MR) is 78.7 cm³/mol. The number of likely N-dealkylation sites (tertiary alicyclic amines) is 1. The summed E-state index contributed by atoms with van der Waals surface area (Å²) in [6, 6.07) is 6.27. The predicted octanol–water partition coefficient (Wildman–Crippen LogP) is 2.53. The van der Waals surface area contributed by atoms with Crippen molar-refractivity contribution in [3.05, 3.63) is 24.3 Å². The summed E-state index contributed by atoms with van der Waals surface area (Å²) < 4.78 is 60.4. The van der Waals surface area contributed by atoms with Crippen LogP contribution in [0.2, 0.25) is 0 Å². The number of rotatable bonds is 5. The minimum atomic E-state index is -4.18. The zero-order valence-electron chi connectivity index (χ0n) is 12.2. The van der Waals surface area contributed by atoms with Crippen LogP contribution in [0, 0.1) is 0 Å². The lowest BCUT2D eigenvalue weighted by atomic mass is 10.2. The molecule has 1 aliphatic rings. The molecule has 0 saturated carbocycles. The summed E-state index contributed by atoms with van der Waals surface area (Å²) in [4.78, 5) is 1.62. The van der Waals surface area contributed by atoms with Gasteiger partial charge in [0.1, 0.15) is 0 Å². The van der Waals surface area contributed by atoms with Crippen molar-refractivity contribution in [1.82, 2.24) is 4.90 Å². The van der Waals surface area contributed by atoms with E-state index in [1.54, 1.807) is 19.1 Å². The van der Waals surface area contributed by atoms with Gasteiger partial charge in [-0.2, -0.15) is 13.2 Å².